The van der Waals surface area contributed by atoms with E-state index in [1.807, 2.05) is 0 Å². The Kier molecular flexibility index (Phi) is 40.6. The largest absolute Gasteiger partial charge is 0.368 e. The van der Waals surface area contributed by atoms with Gasteiger partial charge in [-0.3, -0.25) is 33.6 Å². The van der Waals surface area contributed by atoms with Crippen LogP contribution in [-0.2, 0) is 33.6 Å². The van der Waals surface area contributed by atoms with E-state index in [1.54, 1.807) is 16.8 Å². The number of nitrogens with two attached hydrogens (primary N) is 2. The van der Waals surface area contributed by atoms with E-state index in [4.69, 9.17) is 11.5 Å². The predicted molar refractivity (Wildman–Crippen MR) is 286 cm³/mol. The lowest BCUT2D eigenvalue weighted by atomic mass is 9.98. The third kappa shape index (κ3) is 32.3. The molecule has 408 valence electrons. The van der Waals surface area contributed by atoms with Gasteiger partial charge in [0.25, 0.3) is 0 Å². The summed E-state index contributed by atoms with van der Waals surface area (Å²) in [6.45, 7) is 13.3. The Morgan fingerprint density at radius 2 is 0.714 bits per heavy atom. The number of primary amides is 1. The number of hydrogen-bond donors (Lipinski definition) is 2. The van der Waals surface area contributed by atoms with Crippen LogP contribution < -0.4 is 11.5 Å². The SMILES string of the molecule is CCCCCCCCCCN(CC(=O)N(CC(=O)N(CCCCCCCCCC)CC(=O)N(CC(N)=O)CC(CC)CCCC)CC(CC)CCCC)C(=O)CN(C)C(=O)CN(C)C(=O)CCCCN. The van der Waals surface area contributed by atoms with Crippen LogP contribution >= 0.6 is 0 Å². The molecule has 15 nitrogen and oxygen atoms in total. The Labute approximate surface area is 427 Å². The summed E-state index contributed by atoms with van der Waals surface area (Å²) in [4.78, 5) is 105. The summed E-state index contributed by atoms with van der Waals surface area (Å²) in [7, 11) is 3.11. The van der Waals surface area contributed by atoms with E-state index in [2.05, 4.69) is 41.5 Å². The quantitative estimate of drug-likeness (QED) is 0.0567. The summed E-state index contributed by atoms with van der Waals surface area (Å²) in [5, 5.41) is 0. The zero-order valence-electron chi connectivity index (χ0n) is 46.2. The molecule has 0 radical (unpaired) electrons. The molecule has 0 rings (SSSR count). The highest BCUT2D eigenvalue weighted by Gasteiger charge is 2.30. The third-order valence-electron chi connectivity index (χ3n) is 13.8. The molecule has 0 aromatic carbocycles. The van der Waals surface area contributed by atoms with Crippen molar-refractivity contribution >= 4 is 41.4 Å². The van der Waals surface area contributed by atoms with Gasteiger partial charge in [0.05, 0.1) is 39.3 Å². The predicted octanol–water partition coefficient (Wildman–Crippen LogP) is 8.55. The summed E-state index contributed by atoms with van der Waals surface area (Å²) < 4.78 is 0. The molecular formula is C55H106N8O7. The minimum atomic E-state index is -0.604. The molecule has 70 heavy (non-hydrogen) atoms. The van der Waals surface area contributed by atoms with Gasteiger partial charge in [0.1, 0.15) is 0 Å². The standard InChI is InChI=1S/C55H106N8O7/c1-9-15-19-21-23-25-27-31-37-60(52(67)43-59(8)51(66)42-58(7)50(65)35-29-30-36-56)45-55(70)63(40-48(14-6)34-18-12-4)46-53(68)61(38-32-28-26-24-22-20-16-10-2)44-54(69)62(41-49(57)64)39-47(13-5)33-17-11-3/h47-48H,9-46,56H2,1-8H3,(H2,57,64). The van der Waals surface area contributed by atoms with Gasteiger partial charge in [0, 0.05) is 46.7 Å². The van der Waals surface area contributed by atoms with Crippen molar-refractivity contribution in [2.75, 3.05) is 86.1 Å². The Hall–Kier alpha value is -3.75. The zero-order chi connectivity index (χ0) is 52.5. The average molecular weight is 992 g/mol. The highest BCUT2D eigenvalue weighted by molar-refractivity contribution is 5.92. The van der Waals surface area contributed by atoms with Crippen LogP contribution in [0.2, 0.25) is 0 Å². The van der Waals surface area contributed by atoms with Gasteiger partial charge in [0.2, 0.25) is 41.4 Å². The van der Waals surface area contributed by atoms with Crippen molar-refractivity contribution in [1.82, 2.24) is 29.4 Å². The Morgan fingerprint density at radius 3 is 1.11 bits per heavy atom. The van der Waals surface area contributed by atoms with E-state index in [1.165, 1.54) is 71.6 Å². The fraction of sp³-hybridized carbons (Fsp3) is 0.873. The van der Waals surface area contributed by atoms with Gasteiger partial charge in [-0.05, 0) is 56.9 Å². The minimum Gasteiger partial charge on any atom is -0.368 e. The van der Waals surface area contributed by atoms with Crippen LogP contribution in [0.1, 0.15) is 215 Å². The second-order valence-electron chi connectivity index (χ2n) is 20.2. The second-order valence-corrected chi connectivity index (χ2v) is 20.2. The van der Waals surface area contributed by atoms with E-state index < -0.39 is 5.91 Å². The topological polar surface area (TPSA) is 191 Å². The molecule has 2 atom stereocenters. The molecule has 0 aromatic rings. The van der Waals surface area contributed by atoms with Gasteiger partial charge < -0.3 is 40.9 Å². The van der Waals surface area contributed by atoms with Gasteiger partial charge in [-0.25, -0.2) is 0 Å². The third-order valence-corrected chi connectivity index (χ3v) is 13.8. The molecule has 0 bridgehead atoms. The summed E-state index contributed by atoms with van der Waals surface area (Å²) in [5.41, 5.74) is 11.3. The molecule has 0 fully saturated rings. The molecule has 0 aromatic heterocycles. The molecule has 4 N–H and O–H groups in total. The van der Waals surface area contributed by atoms with Crippen molar-refractivity contribution in [3.63, 3.8) is 0 Å². The van der Waals surface area contributed by atoms with Crippen LogP contribution in [0.15, 0.2) is 0 Å². The van der Waals surface area contributed by atoms with Crippen molar-refractivity contribution in [1.29, 1.82) is 0 Å². The first-order valence-corrected chi connectivity index (χ1v) is 28.2. The highest BCUT2D eigenvalue weighted by atomic mass is 16.2. The number of carbonyl (C=O) groups is 7. The molecule has 15 heteroatoms. The van der Waals surface area contributed by atoms with Crippen LogP contribution in [0.25, 0.3) is 0 Å². The van der Waals surface area contributed by atoms with Crippen LogP contribution in [0.5, 0.6) is 0 Å². The Balaban J connectivity index is 6.73. The number of unbranched alkanes of at least 4 members (excludes halogenated alkanes) is 17. The number of hydrogen-bond acceptors (Lipinski definition) is 8. The minimum absolute atomic E-state index is 0.121. The molecule has 0 saturated heterocycles. The van der Waals surface area contributed by atoms with E-state index in [9.17, 15) is 33.6 Å². The second kappa shape index (κ2) is 42.9. The fourth-order valence-corrected chi connectivity index (χ4v) is 8.82. The summed E-state index contributed by atoms with van der Waals surface area (Å²) in [5.74, 6) is -2.27. The molecule has 7 amide bonds. The van der Waals surface area contributed by atoms with E-state index >= 15 is 0 Å². The van der Waals surface area contributed by atoms with Gasteiger partial charge >= 0.3 is 0 Å². The normalized spacial score (nSPS) is 12.0. The summed E-state index contributed by atoms with van der Waals surface area (Å²) in [6.07, 6.45) is 26.0. The first-order valence-electron chi connectivity index (χ1n) is 28.2. The van der Waals surface area contributed by atoms with Crippen LogP contribution in [-0.4, -0.2) is 157 Å². The molecule has 0 aliphatic carbocycles. The number of amides is 7. The molecule has 0 spiro atoms. The maximum absolute atomic E-state index is 14.7. The van der Waals surface area contributed by atoms with Crippen LogP contribution in [0, 0.1) is 11.8 Å². The van der Waals surface area contributed by atoms with E-state index in [0.717, 1.165) is 96.3 Å². The maximum Gasteiger partial charge on any atom is 0.242 e. The number of likely N-dealkylation sites (N-methyl/N-ethyl adjacent to an activating group) is 2. The van der Waals surface area contributed by atoms with Crippen LogP contribution in [0.3, 0.4) is 0 Å². The highest BCUT2D eigenvalue weighted by Crippen LogP contribution is 2.18. The lowest BCUT2D eigenvalue weighted by Gasteiger charge is -2.33. The fourth-order valence-electron chi connectivity index (χ4n) is 8.82. The lowest BCUT2D eigenvalue weighted by Crippen LogP contribution is -2.52. The van der Waals surface area contributed by atoms with Crippen molar-refractivity contribution in [2.45, 2.75) is 215 Å². The summed E-state index contributed by atoms with van der Waals surface area (Å²) >= 11 is 0. The number of carbonyl (C=O) groups excluding carboxylic acids is 7. The number of rotatable bonds is 46. The molecule has 0 heterocycles. The van der Waals surface area contributed by atoms with Crippen LogP contribution in [0.4, 0.5) is 0 Å². The monoisotopic (exact) mass is 991 g/mol. The van der Waals surface area contributed by atoms with Gasteiger partial charge in [-0.1, -0.05) is 170 Å². The molecule has 0 aliphatic heterocycles. The average Bonchev–Trinajstić information content (AvgIpc) is 3.33. The van der Waals surface area contributed by atoms with Gasteiger partial charge in [0.15, 0.2) is 0 Å². The van der Waals surface area contributed by atoms with Crippen molar-refractivity contribution in [3.8, 4) is 0 Å². The Morgan fingerprint density at radius 1 is 0.371 bits per heavy atom. The summed E-state index contributed by atoms with van der Waals surface area (Å²) in [6, 6.07) is 0. The van der Waals surface area contributed by atoms with Crippen molar-refractivity contribution in [2.24, 2.45) is 23.3 Å². The smallest absolute Gasteiger partial charge is 0.242 e. The van der Waals surface area contributed by atoms with Gasteiger partial charge in [-0.15, -0.1) is 0 Å². The first-order chi connectivity index (χ1) is 33.6. The number of nitrogens with zero attached hydrogens (tertiary/aromatic N) is 6. The zero-order valence-corrected chi connectivity index (χ0v) is 46.2. The van der Waals surface area contributed by atoms with E-state index in [0.29, 0.717) is 58.4 Å². The van der Waals surface area contributed by atoms with Gasteiger partial charge in [-0.2, -0.15) is 0 Å². The molecule has 0 saturated carbocycles. The first kappa shape index (κ1) is 66.2. The maximum atomic E-state index is 14.7. The Bertz CT molecular complexity index is 1430. The molecular weight excluding hydrogens is 885 g/mol. The van der Waals surface area contributed by atoms with E-state index in [-0.39, 0.29) is 93.0 Å². The lowest BCUT2D eigenvalue weighted by molar-refractivity contribution is -0.148. The molecule has 0 aliphatic rings. The molecule has 2 unspecified atom stereocenters. The van der Waals surface area contributed by atoms with Crippen molar-refractivity contribution < 1.29 is 33.6 Å². The van der Waals surface area contributed by atoms with Crippen molar-refractivity contribution in [3.05, 3.63) is 0 Å².